The maximum Gasteiger partial charge on any atom is 0.253 e. The number of nitrogens with zero attached hydrogens (tertiary/aromatic N) is 7. The Morgan fingerprint density at radius 1 is 1.08 bits per heavy atom. The van der Waals surface area contributed by atoms with Gasteiger partial charge in [0.25, 0.3) is 5.91 Å². The van der Waals surface area contributed by atoms with E-state index in [1.54, 1.807) is 14.1 Å². The Hall–Kier alpha value is -4.15. The van der Waals surface area contributed by atoms with Gasteiger partial charge in [-0.1, -0.05) is 13.3 Å². The van der Waals surface area contributed by atoms with Crippen LogP contribution >= 0.6 is 0 Å². The highest BCUT2D eigenvalue weighted by Crippen LogP contribution is 2.33. The molecule has 0 bridgehead atoms. The van der Waals surface area contributed by atoms with Gasteiger partial charge in [0, 0.05) is 57.4 Å². The van der Waals surface area contributed by atoms with Crippen LogP contribution in [0.2, 0.25) is 0 Å². The number of aryl methyl sites for hydroxylation is 1. The predicted octanol–water partition coefficient (Wildman–Crippen LogP) is 4.74. The SMILES string of the molecule is CCCc1cnc(N2CCC(n3cc(F)c4c(Nc5ccc(C(=O)N(C)C)cc5F)ncnc43)CC2)nc1. The zero-order chi connectivity index (χ0) is 26.8. The van der Waals surface area contributed by atoms with Gasteiger partial charge in [0.2, 0.25) is 5.95 Å². The van der Waals surface area contributed by atoms with Crippen LogP contribution in [0.1, 0.15) is 48.1 Å². The average molecular weight is 521 g/mol. The first kappa shape index (κ1) is 25.5. The van der Waals surface area contributed by atoms with Crippen molar-refractivity contribution < 1.29 is 13.6 Å². The number of carbonyl (C=O) groups excluding carboxylic acids is 1. The molecule has 3 aromatic heterocycles. The first-order chi connectivity index (χ1) is 18.4. The van der Waals surface area contributed by atoms with Crippen LogP contribution < -0.4 is 10.2 Å². The van der Waals surface area contributed by atoms with Crippen LogP contribution in [0.4, 0.5) is 26.2 Å². The van der Waals surface area contributed by atoms with Crippen molar-refractivity contribution in [2.75, 3.05) is 37.4 Å². The van der Waals surface area contributed by atoms with E-state index in [1.165, 1.54) is 29.6 Å². The number of carbonyl (C=O) groups is 1. The molecule has 11 heteroatoms. The highest BCUT2D eigenvalue weighted by atomic mass is 19.1. The number of nitrogens with one attached hydrogen (secondary N) is 1. The minimum Gasteiger partial charge on any atom is -0.345 e. The highest BCUT2D eigenvalue weighted by molar-refractivity contribution is 5.95. The van der Waals surface area contributed by atoms with Crippen molar-refractivity contribution in [2.45, 2.75) is 38.6 Å². The van der Waals surface area contributed by atoms with Gasteiger partial charge in [-0.15, -0.1) is 0 Å². The lowest BCUT2D eigenvalue weighted by Crippen LogP contribution is -2.35. The van der Waals surface area contributed by atoms with E-state index in [0.717, 1.165) is 50.4 Å². The zero-order valence-electron chi connectivity index (χ0n) is 21.7. The minimum atomic E-state index is -0.637. The van der Waals surface area contributed by atoms with E-state index in [2.05, 4.69) is 37.1 Å². The molecule has 1 fully saturated rings. The molecular weight excluding hydrogens is 490 g/mol. The van der Waals surface area contributed by atoms with Gasteiger partial charge < -0.3 is 19.7 Å². The van der Waals surface area contributed by atoms with Crippen molar-refractivity contribution in [1.29, 1.82) is 0 Å². The molecule has 0 saturated carbocycles. The van der Waals surface area contributed by atoms with Crippen molar-refractivity contribution in [3.8, 4) is 0 Å². The number of aromatic nitrogens is 5. The summed E-state index contributed by atoms with van der Waals surface area (Å²) in [4.78, 5) is 33.2. The van der Waals surface area contributed by atoms with E-state index in [9.17, 15) is 9.18 Å². The summed E-state index contributed by atoms with van der Waals surface area (Å²) in [6.45, 7) is 3.60. The number of halogens is 2. The van der Waals surface area contributed by atoms with Crippen LogP contribution in [0.25, 0.3) is 11.0 Å². The smallest absolute Gasteiger partial charge is 0.253 e. The van der Waals surface area contributed by atoms with E-state index in [-0.39, 0.29) is 34.4 Å². The molecule has 5 rings (SSSR count). The quantitative estimate of drug-likeness (QED) is 0.376. The fraction of sp³-hybridized carbons (Fsp3) is 0.370. The van der Waals surface area contributed by atoms with Gasteiger partial charge in [0.05, 0.1) is 11.1 Å². The molecule has 1 aliphatic rings. The third kappa shape index (κ3) is 5.00. The van der Waals surface area contributed by atoms with Crippen molar-refractivity contribution in [1.82, 2.24) is 29.4 Å². The molecule has 0 radical (unpaired) electrons. The fourth-order valence-electron chi connectivity index (χ4n) is 4.82. The lowest BCUT2D eigenvalue weighted by atomic mass is 10.1. The molecule has 4 heterocycles. The summed E-state index contributed by atoms with van der Waals surface area (Å²) in [5.41, 5.74) is 1.88. The summed E-state index contributed by atoms with van der Waals surface area (Å²) in [7, 11) is 3.19. The number of piperidine rings is 1. The number of fused-ring (bicyclic) bond motifs is 1. The number of rotatable bonds is 7. The molecule has 38 heavy (non-hydrogen) atoms. The molecule has 1 N–H and O–H groups in total. The monoisotopic (exact) mass is 520 g/mol. The molecule has 0 spiro atoms. The first-order valence-electron chi connectivity index (χ1n) is 12.7. The lowest BCUT2D eigenvalue weighted by Gasteiger charge is -2.32. The Bertz CT molecular complexity index is 1450. The van der Waals surface area contributed by atoms with Crippen LogP contribution in [-0.4, -0.2) is 62.5 Å². The molecule has 1 aromatic carbocycles. The van der Waals surface area contributed by atoms with Crippen molar-refractivity contribution in [2.24, 2.45) is 0 Å². The number of hydrogen-bond acceptors (Lipinski definition) is 7. The average Bonchev–Trinajstić information content (AvgIpc) is 3.27. The molecule has 1 aliphatic heterocycles. The maximum absolute atomic E-state index is 15.2. The largest absolute Gasteiger partial charge is 0.345 e. The normalized spacial score (nSPS) is 14.2. The molecule has 198 valence electrons. The molecule has 1 amide bonds. The molecule has 0 unspecified atom stereocenters. The number of amides is 1. The summed E-state index contributed by atoms with van der Waals surface area (Å²) in [5.74, 6) is -0.563. The molecule has 1 saturated heterocycles. The third-order valence-electron chi connectivity index (χ3n) is 6.81. The van der Waals surface area contributed by atoms with Gasteiger partial charge in [-0.25, -0.2) is 28.7 Å². The van der Waals surface area contributed by atoms with Crippen LogP contribution in [0.3, 0.4) is 0 Å². The van der Waals surface area contributed by atoms with Crippen LogP contribution in [-0.2, 0) is 6.42 Å². The number of hydrogen-bond donors (Lipinski definition) is 1. The number of anilines is 3. The first-order valence-corrected chi connectivity index (χ1v) is 12.7. The third-order valence-corrected chi connectivity index (χ3v) is 6.81. The van der Waals surface area contributed by atoms with Gasteiger partial charge in [-0.2, -0.15) is 0 Å². The second kappa shape index (κ2) is 10.7. The van der Waals surface area contributed by atoms with E-state index in [0.29, 0.717) is 11.6 Å². The summed E-state index contributed by atoms with van der Waals surface area (Å²) in [6, 6.07) is 4.15. The van der Waals surface area contributed by atoms with Crippen molar-refractivity contribution in [3.63, 3.8) is 0 Å². The van der Waals surface area contributed by atoms with E-state index < -0.39 is 11.6 Å². The summed E-state index contributed by atoms with van der Waals surface area (Å²) >= 11 is 0. The van der Waals surface area contributed by atoms with E-state index in [1.807, 2.05) is 17.0 Å². The lowest BCUT2D eigenvalue weighted by molar-refractivity contribution is 0.0827. The maximum atomic E-state index is 15.2. The van der Waals surface area contributed by atoms with E-state index >= 15 is 4.39 Å². The van der Waals surface area contributed by atoms with Crippen LogP contribution in [0.5, 0.6) is 0 Å². The molecular formula is C27H30F2N8O. The van der Waals surface area contributed by atoms with Gasteiger partial charge >= 0.3 is 0 Å². The number of benzene rings is 1. The van der Waals surface area contributed by atoms with Crippen molar-refractivity contribution >= 4 is 34.4 Å². The Kier molecular flexibility index (Phi) is 7.17. The molecule has 0 atom stereocenters. The molecule has 4 aromatic rings. The van der Waals surface area contributed by atoms with Gasteiger partial charge in [-0.3, -0.25) is 4.79 Å². The van der Waals surface area contributed by atoms with Crippen molar-refractivity contribution in [3.05, 3.63) is 65.9 Å². The summed E-state index contributed by atoms with van der Waals surface area (Å²) < 4.78 is 31.9. The topological polar surface area (TPSA) is 92.1 Å². The standard InChI is InChI=1S/C27H30F2N8O/c1-4-5-17-13-30-27(31-14-17)36-10-8-19(9-11-36)37-15-21(29)23-24(32-16-33-25(23)37)34-22-7-6-18(12-20(22)28)26(38)35(2)3/h6-7,12-16,19H,4-5,8-11H2,1-3H3,(H,32,33,34). The van der Waals surface area contributed by atoms with Gasteiger partial charge in [0.1, 0.15) is 23.6 Å². The highest BCUT2D eigenvalue weighted by Gasteiger charge is 2.26. The van der Waals surface area contributed by atoms with Crippen LogP contribution in [0, 0.1) is 11.6 Å². The van der Waals surface area contributed by atoms with Gasteiger partial charge in [0.15, 0.2) is 5.82 Å². The summed E-state index contributed by atoms with van der Waals surface area (Å²) in [5, 5.41) is 3.07. The van der Waals surface area contributed by atoms with Gasteiger partial charge in [-0.05, 0) is 43.0 Å². The zero-order valence-corrected chi connectivity index (χ0v) is 21.7. The Labute approximate surface area is 219 Å². The fourth-order valence-corrected chi connectivity index (χ4v) is 4.82. The minimum absolute atomic E-state index is 0.0356. The Morgan fingerprint density at radius 2 is 1.82 bits per heavy atom. The summed E-state index contributed by atoms with van der Waals surface area (Å²) in [6.07, 6.45) is 10.1. The van der Waals surface area contributed by atoms with Crippen LogP contribution in [0.15, 0.2) is 43.1 Å². The molecule has 0 aliphatic carbocycles. The Balaban J connectivity index is 1.34. The second-order valence-electron chi connectivity index (χ2n) is 9.68. The van der Waals surface area contributed by atoms with E-state index in [4.69, 9.17) is 0 Å². The second-order valence-corrected chi connectivity index (χ2v) is 9.68. The molecule has 9 nitrogen and oxygen atoms in total. The predicted molar refractivity (Wildman–Crippen MR) is 142 cm³/mol. The Morgan fingerprint density at radius 3 is 2.47 bits per heavy atom.